The summed E-state index contributed by atoms with van der Waals surface area (Å²) in [7, 11) is 3.37. The van der Waals surface area contributed by atoms with Gasteiger partial charge in [-0.1, -0.05) is 50.1 Å². The Labute approximate surface area is 415 Å². The Morgan fingerprint density at radius 1 is 0.638 bits per heavy atom. The van der Waals surface area contributed by atoms with E-state index in [4.69, 9.17) is 40.0 Å². The quantitative estimate of drug-likeness (QED) is 0.150. The van der Waals surface area contributed by atoms with Gasteiger partial charge in [-0.25, -0.2) is 0 Å². The Balaban J connectivity index is 0.000000204. The SMILES string of the molecule is COCCCCN1C(=O)C2(CCOCC2)Oc2cc(Cl)c(C(=O)N(C(C)C)C3CCCCC3)cc21.COCCCCN1C(=O)C2(CCOCC2)Oc2ccc(C(=O)N(C(C)C)C3CCCCC3)cc21. The first-order chi connectivity index (χ1) is 33.3. The molecule has 0 N–H and O–H groups in total. The maximum absolute atomic E-state index is 13.8. The molecule has 382 valence electrons. The smallest absolute Gasteiger partial charge is 0.271 e. The summed E-state index contributed by atoms with van der Waals surface area (Å²) in [6.45, 7) is 12.7. The molecule has 8 rings (SSSR count). The van der Waals surface area contributed by atoms with Crippen molar-refractivity contribution >= 4 is 46.6 Å². The summed E-state index contributed by atoms with van der Waals surface area (Å²) in [4.78, 5) is 62.7. The predicted octanol–water partition coefficient (Wildman–Crippen LogP) is 9.80. The van der Waals surface area contributed by atoms with Gasteiger partial charge in [0.15, 0.2) is 11.2 Å². The number of unbranched alkanes of at least 4 members (excludes halogenated alkanes) is 2. The van der Waals surface area contributed by atoms with Crippen LogP contribution < -0.4 is 19.3 Å². The third-order valence-corrected chi connectivity index (χ3v) is 15.3. The molecule has 2 aromatic carbocycles. The molecule has 0 unspecified atom stereocenters. The monoisotopic (exact) mass is 979 g/mol. The second-order valence-electron chi connectivity index (χ2n) is 20.4. The first kappa shape index (κ1) is 52.9. The van der Waals surface area contributed by atoms with Crippen molar-refractivity contribution in [2.45, 2.75) is 179 Å². The Bertz CT molecular complexity index is 2060. The Kier molecular flexibility index (Phi) is 18.7. The summed E-state index contributed by atoms with van der Waals surface area (Å²) in [5.74, 6) is 1.14. The molecule has 2 saturated heterocycles. The van der Waals surface area contributed by atoms with Gasteiger partial charge in [0.1, 0.15) is 11.5 Å². The molecular weight excluding hydrogens is 900 g/mol. The zero-order chi connectivity index (χ0) is 49.1. The van der Waals surface area contributed by atoms with E-state index < -0.39 is 11.2 Å². The molecule has 0 aromatic heterocycles. The number of nitrogens with zero attached hydrogens (tertiary/aromatic N) is 4. The van der Waals surface area contributed by atoms with E-state index in [1.165, 1.54) is 25.7 Å². The largest absolute Gasteiger partial charge is 0.475 e. The van der Waals surface area contributed by atoms with E-state index in [9.17, 15) is 19.2 Å². The molecule has 15 heteroatoms. The summed E-state index contributed by atoms with van der Waals surface area (Å²) >= 11 is 6.73. The van der Waals surface area contributed by atoms with E-state index in [-0.39, 0.29) is 47.8 Å². The maximum atomic E-state index is 13.8. The number of carbonyl (C=O) groups is 4. The van der Waals surface area contributed by atoms with Crippen molar-refractivity contribution in [2.75, 3.05) is 76.8 Å². The van der Waals surface area contributed by atoms with Crippen LogP contribution in [0.1, 0.15) is 164 Å². The number of amides is 4. The van der Waals surface area contributed by atoms with Gasteiger partial charge >= 0.3 is 0 Å². The molecule has 6 aliphatic rings. The van der Waals surface area contributed by atoms with Gasteiger partial charge in [-0.2, -0.15) is 0 Å². The zero-order valence-electron chi connectivity index (χ0n) is 42.3. The molecular formula is C54H79ClN4O10. The number of hydrogen-bond donors (Lipinski definition) is 0. The zero-order valence-corrected chi connectivity index (χ0v) is 43.1. The molecule has 14 nitrogen and oxygen atoms in total. The fraction of sp³-hybridized carbons (Fsp3) is 0.704. The van der Waals surface area contributed by atoms with E-state index in [1.807, 2.05) is 28.0 Å². The van der Waals surface area contributed by atoms with Crippen molar-refractivity contribution in [1.82, 2.24) is 9.80 Å². The summed E-state index contributed by atoms with van der Waals surface area (Å²) in [6, 6.07) is 9.82. The molecule has 2 aromatic rings. The second-order valence-corrected chi connectivity index (χ2v) is 20.8. The number of halogens is 1. The lowest BCUT2D eigenvalue weighted by Gasteiger charge is -2.44. The molecule has 4 heterocycles. The molecule has 0 bridgehead atoms. The van der Waals surface area contributed by atoms with Crippen molar-refractivity contribution in [3.8, 4) is 11.5 Å². The van der Waals surface area contributed by atoms with Crippen LogP contribution in [0.3, 0.4) is 0 Å². The average Bonchev–Trinajstić information content (AvgIpc) is 3.35. The highest BCUT2D eigenvalue weighted by atomic mass is 35.5. The number of methoxy groups -OCH3 is 2. The number of ether oxygens (including phenoxy) is 6. The third kappa shape index (κ3) is 12.1. The minimum Gasteiger partial charge on any atom is -0.475 e. The van der Waals surface area contributed by atoms with Crippen molar-refractivity contribution in [3.63, 3.8) is 0 Å². The minimum atomic E-state index is -0.937. The van der Waals surface area contributed by atoms with Crippen molar-refractivity contribution in [3.05, 3.63) is 46.5 Å². The lowest BCUT2D eigenvalue weighted by atomic mass is 9.89. The molecule has 0 atom stereocenters. The molecule has 69 heavy (non-hydrogen) atoms. The summed E-state index contributed by atoms with van der Waals surface area (Å²) in [6.07, 6.45) is 16.7. The Morgan fingerprint density at radius 3 is 1.55 bits per heavy atom. The normalized spacial score (nSPS) is 20.2. The molecule has 4 amide bonds. The highest BCUT2D eigenvalue weighted by Crippen LogP contribution is 2.46. The lowest BCUT2D eigenvalue weighted by Crippen LogP contribution is -2.58. The number of hydrogen-bond acceptors (Lipinski definition) is 10. The fourth-order valence-corrected chi connectivity index (χ4v) is 11.6. The number of carbonyl (C=O) groups excluding carboxylic acids is 4. The standard InChI is InChI=1S/C27H39ClN2O5.C27H40N2O5/c1-19(2)30(20-9-5-4-6-10-20)25(31)21-17-23-24(18-22(21)28)35-27(11-15-34-16-12-27)26(32)29(23)13-7-8-14-33-3;1-20(2)29(22-9-5-4-6-10-22)25(30)21-11-12-24-23(19-21)28(15-7-8-16-32-3)26(31)27(34-24)13-17-33-18-14-27/h17-20H,4-16H2,1-3H3;11-12,19-20,22H,4-10,13-18H2,1-3H3. The minimum absolute atomic E-state index is 0.0155. The second kappa shape index (κ2) is 24.4. The van der Waals surface area contributed by atoms with E-state index in [0.717, 1.165) is 64.2 Å². The van der Waals surface area contributed by atoms with Crippen molar-refractivity contribution < 1.29 is 47.6 Å². The van der Waals surface area contributed by atoms with Crippen LogP contribution >= 0.6 is 11.6 Å². The van der Waals surface area contributed by atoms with E-state index in [2.05, 4.69) is 32.6 Å². The van der Waals surface area contributed by atoms with Crippen LogP contribution in [0.5, 0.6) is 11.5 Å². The number of fused-ring (bicyclic) bond motifs is 2. The van der Waals surface area contributed by atoms with Crippen molar-refractivity contribution in [2.24, 2.45) is 0 Å². The van der Waals surface area contributed by atoms with Gasteiger partial charge in [0.25, 0.3) is 23.6 Å². The fourth-order valence-electron chi connectivity index (χ4n) is 11.3. The van der Waals surface area contributed by atoms with Gasteiger partial charge in [-0.3, -0.25) is 19.2 Å². The van der Waals surface area contributed by atoms with Crippen LogP contribution in [-0.4, -0.2) is 136 Å². The van der Waals surface area contributed by atoms with Gasteiger partial charge in [0, 0.05) is 102 Å². The number of benzene rings is 2. The van der Waals surface area contributed by atoms with Crippen LogP contribution in [0.25, 0.3) is 0 Å². The lowest BCUT2D eigenvalue weighted by molar-refractivity contribution is -0.144. The van der Waals surface area contributed by atoms with E-state index in [0.29, 0.717) is 117 Å². The van der Waals surface area contributed by atoms with Crippen LogP contribution in [0, 0.1) is 0 Å². The molecule has 2 aliphatic carbocycles. The molecule has 0 radical (unpaired) electrons. The Hall–Kier alpha value is -3.95. The van der Waals surface area contributed by atoms with Gasteiger partial charge < -0.3 is 48.0 Å². The maximum Gasteiger partial charge on any atom is 0.271 e. The predicted molar refractivity (Wildman–Crippen MR) is 268 cm³/mol. The van der Waals surface area contributed by atoms with Gasteiger partial charge in [0.2, 0.25) is 0 Å². The van der Waals surface area contributed by atoms with E-state index >= 15 is 0 Å². The summed E-state index contributed by atoms with van der Waals surface area (Å²) in [5.41, 5.74) is 0.588. The van der Waals surface area contributed by atoms with Crippen LogP contribution in [0.15, 0.2) is 30.3 Å². The molecule has 2 saturated carbocycles. The van der Waals surface area contributed by atoms with Crippen LogP contribution in [0.2, 0.25) is 5.02 Å². The highest BCUT2D eigenvalue weighted by Gasteiger charge is 2.51. The average molecular weight is 980 g/mol. The number of rotatable bonds is 16. The molecule has 4 aliphatic heterocycles. The van der Waals surface area contributed by atoms with Crippen LogP contribution in [0.4, 0.5) is 11.4 Å². The molecule has 2 spiro atoms. The third-order valence-electron chi connectivity index (χ3n) is 15.0. The van der Waals surface area contributed by atoms with Crippen LogP contribution in [-0.2, 0) is 28.5 Å². The Morgan fingerprint density at radius 2 is 1.09 bits per heavy atom. The topological polar surface area (TPSA) is 137 Å². The molecule has 4 fully saturated rings. The van der Waals surface area contributed by atoms with E-state index in [1.54, 1.807) is 31.3 Å². The van der Waals surface area contributed by atoms with Gasteiger partial charge in [-0.05, 0) is 103 Å². The van der Waals surface area contributed by atoms with Gasteiger partial charge in [-0.15, -0.1) is 0 Å². The highest BCUT2D eigenvalue weighted by molar-refractivity contribution is 6.34. The number of anilines is 2. The summed E-state index contributed by atoms with van der Waals surface area (Å²) in [5, 5.41) is 0.367. The summed E-state index contributed by atoms with van der Waals surface area (Å²) < 4.78 is 34.2. The first-order valence-corrected chi connectivity index (χ1v) is 26.5. The van der Waals surface area contributed by atoms with Crippen molar-refractivity contribution in [1.29, 1.82) is 0 Å². The van der Waals surface area contributed by atoms with Gasteiger partial charge in [0.05, 0.1) is 48.4 Å². The first-order valence-electron chi connectivity index (χ1n) is 26.1.